The van der Waals surface area contributed by atoms with Crippen molar-refractivity contribution in [3.8, 4) is 0 Å². The molecular formula is C30H34F5N6O3+. The SMILES string of the molecule is C[C@H](C(=O)Nc1cc(NC(=O)Nc2c[n+](C3CCC(N4CCC(F)(F)CC4)CC3)no2)cc(C(F)(F)F)c1)c1ccccc1. The maximum absolute atomic E-state index is 13.6. The smallest absolute Gasteiger partial charge is 0.325 e. The molecule has 1 saturated heterocycles. The Labute approximate surface area is 250 Å². The largest absolute Gasteiger partial charge is 0.416 e. The predicted octanol–water partition coefficient (Wildman–Crippen LogP) is 6.58. The van der Waals surface area contributed by atoms with E-state index in [2.05, 4.69) is 26.1 Å². The number of alkyl halides is 5. The Morgan fingerprint density at radius 2 is 1.61 bits per heavy atom. The number of nitrogens with one attached hydrogen (secondary N) is 3. The van der Waals surface area contributed by atoms with Gasteiger partial charge >= 0.3 is 18.1 Å². The minimum Gasteiger partial charge on any atom is -0.325 e. The summed E-state index contributed by atoms with van der Waals surface area (Å²) in [7, 11) is 0. The summed E-state index contributed by atoms with van der Waals surface area (Å²) in [6.07, 6.45) is -0.334. The number of hydrogen-bond donors (Lipinski definition) is 3. The molecule has 0 unspecified atom stereocenters. The lowest BCUT2D eigenvalue weighted by Gasteiger charge is -2.39. The Hall–Kier alpha value is -4.07. The van der Waals surface area contributed by atoms with E-state index in [1.807, 2.05) is 0 Å². The molecule has 3 aromatic rings. The minimum atomic E-state index is -4.73. The molecule has 2 aliphatic rings. The van der Waals surface area contributed by atoms with Gasteiger partial charge < -0.3 is 10.6 Å². The molecule has 2 aromatic carbocycles. The molecular weight excluding hydrogens is 587 g/mol. The van der Waals surface area contributed by atoms with Crippen molar-refractivity contribution >= 4 is 29.2 Å². The second-order valence-electron chi connectivity index (χ2n) is 11.4. The second-order valence-corrected chi connectivity index (χ2v) is 11.4. The number of urea groups is 1. The van der Waals surface area contributed by atoms with E-state index in [1.54, 1.807) is 41.9 Å². The van der Waals surface area contributed by atoms with Crippen molar-refractivity contribution in [2.24, 2.45) is 0 Å². The van der Waals surface area contributed by atoms with E-state index in [0.717, 1.165) is 37.8 Å². The first-order valence-corrected chi connectivity index (χ1v) is 14.5. The summed E-state index contributed by atoms with van der Waals surface area (Å²) >= 11 is 0. The lowest BCUT2D eigenvalue weighted by atomic mass is 9.89. The zero-order valence-corrected chi connectivity index (χ0v) is 24.0. The predicted molar refractivity (Wildman–Crippen MR) is 151 cm³/mol. The van der Waals surface area contributed by atoms with Crippen molar-refractivity contribution in [2.45, 2.75) is 75.5 Å². The highest BCUT2D eigenvalue weighted by atomic mass is 19.4. The Kier molecular flexibility index (Phi) is 9.18. The number of aromatic nitrogens is 2. The van der Waals surface area contributed by atoms with E-state index < -0.39 is 35.5 Å². The van der Waals surface area contributed by atoms with Gasteiger partial charge in [-0.2, -0.15) is 13.2 Å². The van der Waals surface area contributed by atoms with Crippen molar-refractivity contribution in [1.29, 1.82) is 0 Å². The van der Waals surface area contributed by atoms with Crippen LogP contribution in [0, 0.1) is 0 Å². The Bertz CT molecular complexity index is 1450. The third kappa shape index (κ3) is 7.90. The molecule has 0 radical (unpaired) electrons. The van der Waals surface area contributed by atoms with E-state index in [-0.39, 0.29) is 42.2 Å². The van der Waals surface area contributed by atoms with Crippen LogP contribution in [0.1, 0.15) is 68.5 Å². The number of piperidine rings is 1. The van der Waals surface area contributed by atoms with Gasteiger partial charge in [0.15, 0.2) is 6.04 Å². The average molecular weight is 622 g/mol. The lowest BCUT2D eigenvalue weighted by molar-refractivity contribution is -0.787. The molecule has 2 fully saturated rings. The summed E-state index contributed by atoms with van der Waals surface area (Å²) in [4.78, 5) is 27.6. The van der Waals surface area contributed by atoms with Gasteiger partial charge in [0, 0.05) is 56.2 Å². The molecule has 236 valence electrons. The molecule has 1 aliphatic heterocycles. The number of anilines is 3. The Morgan fingerprint density at radius 1 is 0.977 bits per heavy atom. The van der Waals surface area contributed by atoms with Crippen LogP contribution >= 0.6 is 0 Å². The minimum absolute atomic E-state index is 0.00671. The summed E-state index contributed by atoms with van der Waals surface area (Å²) in [5.74, 6) is -3.74. The average Bonchev–Trinajstić information content (AvgIpc) is 3.45. The molecule has 14 heteroatoms. The topological polar surface area (TPSA) is 103 Å². The van der Waals surface area contributed by atoms with E-state index in [1.165, 1.54) is 12.3 Å². The van der Waals surface area contributed by atoms with Gasteiger partial charge in [-0.05, 0) is 48.2 Å². The van der Waals surface area contributed by atoms with Crippen LogP contribution in [-0.4, -0.2) is 47.2 Å². The van der Waals surface area contributed by atoms with Crippen LogP contribution in [0.2, 0.25) is 0 Å². The fourth-order valence-corrected chi connectivity index (χ4v) is 5.74. The Morgan fingerprint density at radius 3 is 2.25 bits per heavy atom. The van der Waals surface area contributed by atoms with Crippen molar-refractivity contribution in [3.63, 3.8) is 0 Å². The van der Waals surface area contributed by atoms with Crippen LogP contribution in [0.25, 0.3) is 0 Å². The van der Waals surface area contributed by atoms with Gasteiger partial charge in [-0.15, -0.1) is 0 Å². The standard InChI is InChI=1S/C30H33F5N6O3/c1-19(20-5-3-2-4-6-20)27(42)36-22-15-21(30(33,34)35)16-23(17-22)37-28(43)38-26-18-41(39-44-26)25-9-7-24(8-10-25)40-13-11-29(31,32)12-14-40/h2-6,15-19,24-25H,7-14H2,1H3,(H2-,36,37,38,39,42,43)/p+1/t19-,24?,25?/m0/s1. The third-order valence-corrected chi connectivity index (χ3v) is 8.28. The molecule has 5 rings (SSSR count). The number of rotatable bonds is 7. The quantitative estimate of drug-likeness (QED) is 0.204. The Balaban J connectivity index is 1.18. The maximum Gasteiger partial charge on any atom is 0.416 e. The van der Waals surface area contributed by atoms with Crippen LogP contribution in [0.3, 0.4) is 0 Å². The van der Waals surface area contributed by atoms with Crippen molar-refractivity contribution in [1.82, 2.24) is 10.2 Å². The number of carbonyl (C=O) groups is 2. The number of amides is 3. The molecule has 3 N–H and O–H groups in total. The zero-order chi connectivity index (χ0) is 31.5. The van der Waals surface area contributed by atoms with Crippen LogP contribution in [0.4, 0.5) is 44.0 Å². The maximum atomic E-state index is 13.6. The van der Waals surface area contributed by atoms with Crippen LogP contribution < -0.4 is 20.6 Å². The molecule has 1 saturated carbocycles. The van der Waals surface area contributed by atoms with E-state index in [0.29, 0.717) is 18.7 Å². The summed E-state index contributed by atoms with van der Waals surface area (Å²) in [5, 5.41) is 11.3. The number of hydrogen-bond acceptors (Lipinski definition) is 5. The monoisotopic (exact) mass is 621 g/mol. The van der Waals surface area contributed by atoms with Crippen molar-refractivity contribution in [2.75, 3.05) is 29.0 Å². The van der Waals surface area contributed by atoms with E-state index >= 15 is 0 Å². The van der Waals surface area contributed by atoms with Crippen molar-refractivity contribution in [3.05, 3.63) is 65.9 Å². The first-order valence-electron chi connectivity index (χ1n) is 14.5. The second kappa shape index (κ2) is 12.9. The third-order valence-electron chi connectivity index (χ3n) is 8.28. The van der Waals surface area contributed by atoms with E-state index in [9.17, 15) is 31.5 Å². The molecule has 1 atom stereocenters. The number of nitrogens with zero attached hydrogens (tertiary/aromatic N) is 3. The molecule has 9 nitrogen and oxygen atoms in total. The van der Waals surface area contributed by atoms with Gasteiger partial charge in [-0.3, -0.25) is 19.5 Å². The highest BCUT2D eigenvalue weighted by molar-refractivity contribution is 6.00. The van der Waals surface area contributed by atoms with Gasteiger partial charge in [0.05, 0.1) is 11.5 Å². The summed E-state index contributed by atoms with van der Waals surface area (Å²) in [5.41, 5.74) is -0.679. The normalized spacial score (nSPS) is 21.3. The molecule has 2 heterocycles. The van der Waals surface area contributed by atoms with Crippen LogP contribution in [-0.2, 0) is 11.0 Å². The summed E-state index contributed by atoms with van der Waals surface area (Å²) < 4.78 is 74.7. The molecule has 0 spiro atoms. The van der Waals surface area contributed by atoms with Gasteiger partial charge in [0.1, 0.15) is 0 Å². The fraction of sp³-hybridized carbons (Fsp3) is 0.467. The highest BCUT2D eigenvalue weighted by Gasteiger charge is 2.39. The number of benzene rings is 2. The van der Waals surface area contributed by atoms with Crippen LogP contribution in [0.5, 0.6) is 0 Å². The highest BCUT2D eigenvalue weighted by Crippen LogP contribution is 2.35. The molecule has 0 bridgehead atoms. The first kappa shape index (κ1) is 31.4. The summed E-state index contributed by atoms with van der Waals surface area (Å²) in [6.45, 7) is 2.41. The summed E-state index contributed by atoms with van der Waals surface area (Å²) in [6, 6.07) is 10.9. The fourth-order valence-electron chi connectivity index (χ4n) is 5.74. The first-order chi connectivity index (χ1) is 20.9. The number of halogens is 5. The molecule has 1 aromatic heterocycles. The number of carbonyl (C=O) groups excluding carboxylic acids is 2. The van der Waals surface area contributed by atoms with Gasteiger partial charge in [-0.1, -0.05) is 30.3 Å². The zero-order valence-electron chi connectivity index (χ0n) is 24.0. The lowest BCUT2D eigenvalue weighted by Crippen LogP contribution is -2.49. The van der Waals surface area contributed by atoms with Gasteiger partial charge in [-0.25, -0.2) is 13.6 Å². The number of likely N-dealkylation sites (tertiary alicyclic amines) is 1. The molecule has 44 heavy (non-hydrogen) atoms. The van der Waals surface area contributed by atoms with Crippen LogP contribution in [0.15, 0.2) is 59.3 Å². The van der Waals surface area contributed by atoms with Gasteiger partial charge in [0.25, 0.3) is 12.1 Å². The van der Waals surface area contributed by atoms with E-state index in [4.69, 9.17) is 4.52 Å². The molecule has 1 aliphatic carbocycles. The van der Waals surface area contributed by atoms with Gasteiger partial charge in [0.2, 0.25) is 11.2 Å². The molecule has 3 amide bonds. The van der Waals surface area contributed by atoms with Crippen molar-refractivity contribution < 1.29 is 40.7 Å².